The number of rotatable bonds is 6. The summed E-state index contributed by atoms with van der Waals surface area (Å²) in [6.45, 7) is 9.02. The fourth-order valence-electron chi connectivity index (χ4n) is 1.19. The van der Waals surface area contributed by atoms with E-state index in [1.807, 2.05) is 20.8 Å². The summed E-state index contributed by atoms with van der Waals surface area (Å²) < 4.78 is 5.45. The zero-order valence-electron chi connectivity index (χ0n) is 15.9. The van der Waals surface area contributed by atoms with Gasteiger partial charge in [0.15, 0.2) is 0 Å². The number of hydroxylamine groups is 1. The summed E-state index contributed by atoms with van der Waals surface area (Å²) in [5.74, 6) is 0.394. The molecule has 7 heteroatoms. The summed E-state index contributed by atoms with van der Waals surface area (Å²) in [7, 11) is 1.52. The van der Waals surface area contributed by atoms with Gasteiger partial charge in [-0.3, -0.25) is 4.79 Å². The average molecular weight is 357 g/mol. The maximum absolute atomic E-state index is 11.1. The highest BCUT2D eigenvalue weighted by molar-refractivity contribution is 5.69. The van der Waals surface area contributed by atoms with E-state index in [9.17, 15) is 9.59 Å². The first-order valence-corrected chi connectivity index (χ1v) is 8.10. The summed E-state index contributed by atoms with van der Waals surface area (Å²) in [5, 5.41) is 9.07. The van der Waals surface area contributed by atoms with E-state index < -0.39 is 0 Å². The Bertz CT molecular complexity index is 434. The highest BCUT2D eigenvalue weighted by atomic mass is 16.7. The van der Waals surface area contributed by atoms with Crippen molar-refractivity contribution in [2.24, 2.45) is 0 Å². The van der Waals surface area contributed by atoms with Crippen LogP contribution in [0.5, 0.6) is 11.5 Å². The number of carbonyl (C=O) groups is 3. The van der Waals surface area contributed by atoms with Crippen molar-refractivity contribution in [3.63, 3.8) is 0 Å². The van der Waals surface area contributed by atoms with Gasteiger partial charge >= 0.3 is 5.97 Å². The molecule has 0 spiro atoms. The molecule has 1 rings (SSSR count). The van der Waals surface area contributed by atoms with Gasteiger partial charge in [0, 0.05) is 13.5 Å². The highest BCUT2D eigenvalue weighted by Crippen LogP contribution is 2.17. The Kier molecular flexibility index (Phi) is 23.7. The zero-order valence-corrected chi connectivity index (χ0v) is 15.9. The molecule has 0 saturated carbocycles. The van der Waals surface area contributed by atoms with Crippen LogP contribution in [0, 0.1) is 0 Å². The molecule has 2 N–H and O–H groups in total. The van der Waals surface area contributed by atoms with E-state index in [0.29, 0.717) is 12.2 Å². The Morgan fingerprint density at radius 3 is 2.04 bits per heavy atom. The van der Waals surface area contributed by atoms with Crippen molar-refractivity contribution in [1.29, 1.82) is 0 Å². The van der Waals surface area contributed by atoms with Crippen LogP contribution in [-0.4, -0.2) is 36.8 Å². The minimum absolute atomic E-state index is 0.154. The number of ether oxygens (including phenoxy) is 1. The van der Waals surface area contributed by atoms with Gasteiger partial charge in [0.25, 0.3) is 0 Å². The number of benzene rings is 1. The van der Waals surface area contributed by atoms with E-state index in [2.05, 4.69) is 10.3 Å². The molecule has 0 saturated heterocycles. The van der Waals surface area contributed by atoms with Crippen LogP contribution in [0.1, 0.15) is 47.5 Å². The second-order valence-electron chi connectivity index (χ2n) is 4.12. The molecule has 0 radical (unpaired) electrons. The van der Waals surface area contributed by atoms with Crippen LogP contribution in [0.15, 0.2) is 24.3 Å². The van der Waals surface area contributed by atoms with E-state index in [1.165, 1.54) is 26.1 Å². The molecule has 1 atom stereocenters. The van der Waals surface area contributed by atoms with Crippen molar-refractivity contribution >= 4 is 18.5 Å². The van der Waals surface area contributed by atoms with Crippen LogP contribution < -0.4 is 10.2 Å². The maximum atomic E-state index is 11.1. The monoisotopic (exact) mass is 357 g/mol. The SMILES string of the molecule is CC.CC=O.CCC=O.CNOC(=O)CC(C)Oc1ccc(O)cc1. The molecular formula is C18H31NO6. The van der Waals surface area contributed by atoms with E-state index in [1.54, 1.807) is 19.1 Å². The van der Waals surface area contributed by atoms with Crippen molar-refractivity contribution in [3.05, 3.63) is 24.3 Å². The minimum atomic E-state index is -0.381. The van der Waals surface area contributed by atoms with Gasteiger partial charge in [-0.25, -0.2) is 0 Å². The molecule has 144 valence electrons. The number of hydrogen-bond donors (Lipinski definition) is 2. The van der Waals surface area contributed by atoms with E-state index in [4.69, 9.17) is 14.6 Å². The van der Waals surface area contributed by atoms with Gasteiger partial charge in [0.05, 0.1) is 6.42 Å². The van der Waals surface area contributed by atoms with Crippen LogP contribution in [0.3, 0.4) is 0 Å². The lowest BCUT2D eigenvalue weighted by atomic mass is 10.3. The van der Waals surface area contributed by atoms with Gasteiger partial charge < -0.3 is 24.3 Å². The molecule has 0 heterocycles. The van der Waals surface area contributed by atoms with Gasteiger partial charge in [0.2, 0.25) is 0 Å². The summed E-state index contributed by atoms with van der Waals surface area (Å²) in [4.78, 5) is 33.6. The van der Waals surface area contributed by atoms with Crippen molar-refractivity contribution in [2.75, 3.05) is 7.05 Å². The van der Waals surface area contributed by atoms with Crippen LogP contribution in [0.2, 0.25) is 0 Å². The van der Waals surface area contributed by atoms with Crippen molar-refractivity contribution < 1.29 is 29.1 Å². The molecule has 7 nitrogen and oxygen atoms in total. The standard InChI is InChI=1S/C11H15NO4.C3H6O.C2H4O.C2H6/c1-8(7-11(14)16-12-2)15-10-5-3-9(13)4-6-10;1-2-3-4;1-2-3;1-2/h3-6,8,12-13H,7H2,1-2H3;3H,2H2,1H3;2H,1H3;1-2H3. The number of aldehydes is 2. The smallest absolute Gasteiger partial charge is 0.328 e. The lowest BCUT2D eigenvalue weighted by Gasteiger charge is -2.13. The second kappa shape index (κ2) is 21.6. The first kappa shape index (κ1) is 27.4. The Hall–Kier alpha value is -2.41. The zero-order chi connectivity index (χ0) is 20.1. The summed E-state index contributed by atoms with van der Waals surface area (Å²) in [5.41, 5.74) is 2.31. The third-order valence-corrected chi connectivity index (χ3v) is 2.01. The second-order valence-corrected chi connectivity index (χ2v) is 4.12. The van der Waals surface area contributed by atoms with Crippen LogP contribution >= 0.6 is 0 Å². The third-order valence-electron chi connectivity index (χ3n) is 2.01. The molecule has 0 aliphatic carbocycles. The van der Waals surface area contributed by atoms with E-state index in [0.717, 1.165) is 12.6 Å². The molecule has 0 fully saturated rings. The van der Waals surface area contributed by atoms with Crippen LogP contribution in [0.25, 0.3) is 0 Å². The predicted octanol–water partition coefficient (Wildman–Crippen LogP) is 3.05. The topological polar surface area (TPSA) is 102 Å². The molecule has 25 heavy (non-hydrogen) atoms. The number of phenols is 1. The van der Waals surface area contributed by atoms with Crippen LogP contribution in [-0.2, 0) is 19.2 Å². The Morgan fingerprint density at radius 1 is 1.24 bits per heavy atom. The number of phenolic OH excluding ortho intramolecular Hbond substituents is 1. The van der Waals surface area contributed by atoms with Gasteiger partial charge in [-0.15, -0.1) is 0 Å². The Balaban J connectivity index is -0.000000452. The predicted molar refractivity (Wildman–Crippen MR) is 97.4 cm³/mol. The molecule has 0 amide bonds. The quantitative estimate of drug-likeness (QED) is 0.596. The fraction of sp³-hybridized carbons (Fsp3) is 0.500. The van der Waals surface area contributed by atoms with E-state index >= 15 is 0 Å². The van der Waals surface area contributed by atoms with Crippen LogP contribution in [0.4, 0.5) is 0 Å². The third kappa shape index (κ3) is 21.6. The van der Waals surface area contributed by atoms with Crippen molar-refractivity contribution in [3.8, 4) is 11.5 Å². The Labute approximate surface area is 150 Å². The van der Waals surface area contributed by atoms with Crippen molar-refractivity contribution in [1.82, 2.24) is 5.48 Å². The lowest BCUT2D eigenvalue weighted by molar-refractivity contribution is -0.151. The molecule has 0 aliphatic heterocycles. The molecule has 1 aromatic rings. The summed E-state index contributed by atoms with van der Waals surface area (Å²) in [6, 6.07) is 6.31. The van der Waals surface area contributed by atoms with Crippen molar-refractivity contribution in [2.45, 2.75) is 53.6 Å². The van der Waals surface area contributed by atoms with Gasteiger partial charge in [0.1, 0.15) is 30.2 Å². The maximum Gasteiger partial charge on any atom is 0.328 e. The summed E-state index contributed by atoms with van der Waals surface area (Å²) >= 11 is 0. The lowest BCUT2D eigenvalue weighted by Crippen LogP contribution is -2.22. The average Bonchev–Trinajstić information content (AvgIpc) is 2.60. The molecule has 0 aromatic heterocycles. The first-order valence-electron chi connectivity index (χ1n) is 8.10. The fourth-order valence-corrected chi connectivity index (χ4v) is 1.19. The largest absolute Gasteiger partial charge is 0.508 e. The molecule has 0 aliphatic rings. The molecular weight excluding hydrogens is 326 g/mol. The molecule has 1 unspecified atom stereocenters. The Morgan fingerprint density at radius 2 is 1.68 bits per heavy atom. The molecule has 0 bridgehead atoms. The van der Waals surface area contributed by atoms with Gasteiger partial charge in [-0.05, 0) is 38.1 Å². The van der Waals surface area contributed by atoms with Gasteiger partial charge in [-0.2, -0.15) is 5.48 Å². The normalized spacial score (nSPS) is 9.36. The number of hydrogen-bond acceptors (Lipinski definition) is 7. The van der Waals surface area contributed by atoms with E-state index in [-0.39, 0.29) is 24.2 Å². The number of nitrogens with one attached hydrogen (secondary N) is 1. The minimum Gasteiger partial charge on any atom is -0.508 e. The number of aromatic hydroxyl groups is 1. The summed E-state index contributed by atoms with van der Waals surface area (Å²) in [6.07, 6.45) is 2.13. The molecule has 1 aromatic carbocycles. The first-order chi connectivity index (χ1) is 11.9. The highest BCUT2D eigenvalue weighted by Gasteiger charge is 2.11. The van der Waals surface area contributed by atoms with Gasteiger partial charge in [-0.1, -0.05) is 20.8 Å². The number of carbonyl (C=O) groups excluding carboxylic acids is 3.